The molecule has 15 nitrogen and oxygen atoms in total. The number of nitrogens with zero attached hydrogens (tertiary/aromatic N) is 4. The van der Waals surface area contributed by atoms with Crippen LogP contribution in [0.25, 0.3) is 44.4 Å². The molecular weight excluding hydrogens is 813 g/mol. The molecule has 1 aliphatic carbocycles. The summed E-state index contributed by atoms with van der Waals surface area (Å²) < 4.78 is 15.5. The second-order valence-corrected chi connectivity index (χ2v) is 16.9. The molecule has 9 rings (SSSR count). The zero-order valence-corrected chi connectivity index (χ0v) is 36.4. The number of methoxy groups -OCH3 is 2. The highest BCUT2D eigenvalue weighted by atomic mass is 16.5. The molecule has 6 aromatic rings. The van der Waals surface area contributed by atoms with Crippen LogP contribution < -0.4 is 10.6 Å². The number of aromatic amines is 2. The van der Waals surface area contributed by atoms with Crippen molar-refractivity contribution in [2.75, 3.05) is 40.5 Å². The fraction of sp³-hybridized carbons (Fsp3) is 0.347. The van der Waals surface area contributed by atoms with E-state index in [9.17, 15) is 19.2 Å². The zero-order chi connectivity index (χ0) is 44.5. The number of imidazole rings is 2. The van der Waals surface area contributed by atoms with Crippen LogP contribution in [0.2, 0.25) is 0 Å². The minimum atomic E-state index is -0.884. The van der Waals surface area contributed by atoms with Gasteiger partial charge in [0.2, 0.25) is 5.91 Å². The number of amides is 4. The van der Waals surface area contributed by atoms with E-state index in [1.807, 2.05) is 50.4 Å². The first-order valence-electron chi connectivity index (χ1n) is 21.8. The van der Waals surface area contributed by atoms with Crippen LogP contribution in [-0.4, -0.2) is 100 Å². The summed E-state index contributed by atoms with van der Waals surface area (Å²) in [6, 6.07) is 26.3. The SMILES string of the molecule is COC(=O)N[C@H](C(=O)N1CCOC[C@H]1c1nc2c([nH]1)CCc1cc(-c3ccc4cc(-c5cnc([C@@H]6CCCN6C(=O)[C@H](NC(=O)OC)c6ccccc6)[nH]5)ccc4c3)ccc1-2)C(C)C. The lowest BCUT2D eigenvalue weighted by atomic mass is 9.89. The van der Waals surface area contributed by atoms with Crippen LogP contribution in [0.4, 0.5) is 9.59 Å². The topological polar surface area (TPSA) is 184 Å². The van der Waals surface area contributed by atoms with Gasteiger partial charge in [-0.05, 0) is 76.8 Å². The van der Waals surface area contributed by atoms with Crippen LogP contribution in [0.5, 0.6) is 0 Å². The van der Waals surface area contributed by atoms with Gasteiger partial charge >= 0.3 is 12.2 Å². The molecular formula is C49H52N8O7. The molecule has 0 saturated carbocycles. The number of carbonyl (C=O) groups excluding carboxylic acids is 4. The van der Waals surface area contributed by atoms with Crippen LogP contribution in [0.15, 0.2) is 91.1 Å². The average Bonchev–Trinajstić information content (AvgIpc) is 4.12. The molecule has 330 valence electrons. The van der Waals surface area contributed by atoms with Gasteiger partial charge in [0, 0.05) is 29.9 Å². The van der Waals surface area contributed by atoms with Gasteiger partial charge in [-0.2, -0.15) is 0 Å². The number of H-pyrrole nitrogens is 2. The third-order valence-corrected chi connectivity index (χ3v) is 12.7. The number of nitrogens with one attached hydrogen (secondary N) is 4. The summed E-state index contributed by atoms with van der Waals surface area (Å²) >= 11 is 0. The molecule has 2 fully saturated rings. The van der Waals surface area contributed by atoms with Crippen molar-refractivity contribution >= 4 is 34.8 Å². The van der Waals surface area contributed by atoms with E-state index in [0.29, 0.717) is 43.5 Å². The first-order valence-corrected chi connectivity index (χ1v) is 21.8. The summed E-state index contributed by atoms with van der Waals surface area (Å²) in [6.45, 7) is 5.43. The van der Waals surface area contributed by atoms with Crippen molar-refractivity contribution in [3.05, 3.63) is 120 Å². The van der Waals surface area contributed by atoms with Crippen LogP contribution >= 0.6 is 0 Å². The van der Waals surface area contributed by atoms with E-state index in [-0.39, 0.29) is 23.8 Å². The maximum Gasteiger partial charge on any atom is 0.407 e. The Morgan fingerprint density at radius 1 is 0.766 bits per heavy atom. The summed E-state index contributed by atoms with van der Waals surface area (Å²) in [5.74, 6) is 0.830. The van der Waals surface area contributed by atoms with Crippen molar-refractivity contribution in [1.29, 1.82) is 0 Å². The molecule has 0 radical (unpaired) electrons. The maximum absolute atomic E-state index is 14.0. The van der Waals surface area contributed by atoms with Crippen LogP contribution in [0.1, 0.15) is 73.3 Å². The quantitative estimate of drug-likeness (QED) is 0.109. The average molecular weight is 865 g/mol. The van der Waals surface area contributed by atoms with Crippen molar-refractivity contribution in [2.45, 2.75) is 63.7 Å². The highest BCUT2D eigenvalue weighted by molar-refractivity contribution is 5.91. The molecule has 4 heterocycles. The Balaban J connectivity index is 0.911. The summed E-state index contributed by atoms with van der Waals surface area (Å²) in [4.78, 5) is 72.6. The van der Waals surface area contributed by atoms with Gasteiger partial charge in [0.15, 0.2) is 0 Å². The standard InChI is InChI=1S/C49H52N8O7/c1-28(2)41(54-48(60)62-3)46(58)57-21-22-64-27-40(57)45-51-37-19-17-34-24-33(16-18-36(34)43(37)53-45)30-12-13-32-25-35(15-14-31(32)23-30)38-26-50-44(52-38)39-11-8-20-56(39)47(59)42(55-49(61)63-4)29-9-6-5-7-10-29/h5-7,9-10,12-16,18,23-26,28,39-42H,8,11,17,19-22,27H2,1-4H3,(H,50,52)(H,51,53)(H,54,60)(H,55,61)/t39-,40-,41-,42+/m0/s1. The fourth-order valence-corrected chi connectivity index (χ4v) is 9.27. The molecule has 0 unspecified atom stereocenters. The second-order valence-electron chi connectivity index (χ2n) is 16.9. The lowest BCUT2D eigenvalue weighted by Gasteiger charge is -2.37. The van der Waals surface area contributed by atoms with E-state index in [1.54, 1.807) is 9.80 Å². The van der Waals surface area contributed by atoms with E-state index >= 15 is 0 Å². The Morgan fingerprint density at radius 3 is 2.23 bits per heavy atom. The predicted octanol–water partition coefficient (Wildman–Crippen LogP) is 7.43. The van der Waals surface area contributed by atoms with Crippen molar-refractivity contribution in [1.82, 2.24) is 40.4 Å². The summed E-state index contributed by atoms with van der Waals surface area (Å²) in [7, 11) is 2.57. The highest BCUT2D eigenvalue weighted by Gasteiger charge is 2.39. The van der Waals surface area contributed by atoms with Gasteiger partial charge in [-0.25, -0.2) is 19.6 Å². The molecule has 2 aliphatic heterocycles. The first kappa shape index (κ1) is 42.3. The number of hydrogen-bond donors (Lipinski definition) is 4. The Bertz CT molecular complexity index is 2710. The second kappa shape index (κ2) is 18.0. The monoisotopic (exact) mass is 864 g/mol. The smallest absolute Gasteiger partial charge is 0.407 e. The molecule has 0 bridgehead atoms. The maximum atomic E-state index is 14.0. The fourth-order valence-electron chi connectivity index (χ4n) is 9.27. The van der Waals surface area contributed by atoms with E-state index in [0.717, 1.165) is 75.8 Å². The van der Waals surface area contributed by atoms with Crippen molar-refractivity contribution in [2.24, 2.45) is 5.92 Å². The van der Waals surface area contributed by atoms with Gasteiger partial charge in [-0.15, -0.1) is 0 Å². The molecule has 2 saturated heterocycles. The molecule has 4 atom stereocenters. The molecule has 0 spiro atoms. The number of morpholine rings is 1. The van der Waals surface area contributed by atoms with Gasteiger partial charge in [-0.1, -0.05) is 86.6 Å². The number of fused-ring (bicyclic) bond motifs is 4. The molecule has 4 amide bonds. The number of rotatable bonds is 10. The number of benzene rings is 4. The third kappa shape index (κ3) is 8.30. The summed E-state index contributed by atoms with van der Waals surface area (Å²) in [5.41, 5.74) is 8.94. The lowest BCUT2D eigenvalue weighted by Crippen LogP contribution is -2.54. The van der Waals surface area contributed by atoms with E-state index in [4.69, 9.17) is 24.2 Å². The van der Waals surface area contributed by atoms with Crippen molar-refractivity contribution in [3.63, 3.8) is 0 Å². The van der Waals surface area contributed by atoms with Crippen LogP contribution in [0.3, 0.4) is 0 Å². The van der Waals surface area contributed by atoms with Gasteiger partial charge in [0.1, 0.15) is 29.8 Å². The first-order chi connectivity index (χ1) is 31.1. The number of likely N-dealkylation sites (tertiary alicyclic amines) is 1. The number of ether oxygens (including phenoxy) is 3. The Hall–Kier alpha value is -7.00. The molecule has 3 aliphatic rings. The molecule has 15 heteroatoms. The molecule has 4 aromatic carbocycles. The lowest BCUT2D eigenvalue weighted by molar-refractivity contribution is -0.143. The zero-order valence-electron chi connectivity index (χ0n) is 36.4. The number of carbonyl (C=O) groups is 4. The molecule has 4 N–H and O–H groups in total. The summed E-state index contributed by atoms with van der Waals surface area (Å²) in [5, 5.41) is 7.62. The minimum Gasteiger partial charge on any atom is -0.453 e. The van der Waals surface area contributed by atoms with Gasteiger partial charge in [-0.3, -0.25) is 9.59 Å². The Labute approximate surface area is 370 Å². The van der Waals surface area contributed by atoms with E-state index in [1.165, 1.54) is 19.8 Å². The van der Waals surface area contributed by atoms with Gasteiger partial charge in [0.25, 0.3) is 5.91 Å². The number of alkyl carbamates (subject to hydrolysis) is 2. The van der Waals surface area contributed by atoms with E-state index in [2.05, 4.69) is 75.2 Å². The Kier molecular flexibility index (Phi) is 11.9. The summed E-state index contributed by atoms with van der Waals surface area (Å²) in [6.07, 6.45) is 3.70. The van der Waals surface area contributed by atoms with Gasteiger partial charge < -0.3 is 44.6 Å². The van der Waals surface area contributed by atoms with Crippen LogP contribution in [-0.2, 0) is 36.6 Å². The van der Waals surface area contributed by atoms with Crippen molar-refractivity contribution in [3.8, 4) is 33.6 Å². The normalized spacial score (nSPS) is 18.0. The Morgan fingerprint density at radius 2 is 1.47 bits per heavy atom. The molecule has 2 aromatic heterocycles. The largest absolute Gasteiger partial charge is 0.453 e. The third-order valence-electron chi connectivity index (χ3n) is 12.7. The number of hydrogen-bond acceptors (Lipinski definition) is 9. The van der Waals surface area contributed by atoms with Crippen molar-refractivity contribution < 1.29 is 33.4 Å². The number of aryl methyl sites for hydroxylation is 2. The number of aromatic nitrogens is 4. The van der Waals surface area contributed by atoms with Gasteiger partial charge in [0.05, 0.1) is 51.1 Å². The van der Waals surface area contributed by atoms with Crippen LogP contribution in [0, 0.1) is 5.92 Å². The van der Waals surface area contributed by atoms with E-state index < -0.39 is 30.3 Å². The minimum absolute atomic E-state index is 0.146. The highest BCUT2D eigenvalue weighted by Crippen LogP contribution is 2.38. The molecule has 64 heavy (non-hydrogen) atoms. The predicted molar refractivity (Wildman–Crippen MR) is 240 cm³/mol.